The number of carbonyl (C=O) groups is 1. The zero-order valence-corrected chi connectivity index (χ0v) is 10.5. The topological polar surface area (TPSA) is 46.5 Å². The maximum absolute atomic E-state index is 11.7. The smallest absolute Gasteiger partial charge is 0.310 e. The molecule has 0 amide bonds. The SMILES string of the molecule is C=C(C)C(CC)OC(=O)CC1=CCC(O)C=C1. The first kappa shape index (κ1) is 13.7. The number of carbonyl (C=O) groups excluding carboxylic acids is 1. The highest BCUT2D eigenvalue weighted by atomic mass is 16.5. The minimum absolute atomic E-state index is 0.193. The lowest BCUT2D eigenvalue weighted by atomic mass is 10.0. The van der Waals surface area contributed by atoms with Crippen LogP contribution in [0, 0.1) is 0 Å². The van der Waals surface area contributed by atoms with Crippen LogP contribution in [0.4, 0.5) is 0 Å². The Hall–Kier alpha value is -1.35. The summed E-state index contributed by atoms with van der Waals surface area (Å²) < 4.78 is 5.31. The molecular formula is C14H20O3. The van der Waals surface area contributed by atoms with Crippen molar-refractivity contribution >= 4 is 5.97 Å². The predicted octanol–water partition coefficient (Wildman–Crippen LogP) is 2.52. The Morgan fingerprint density at radius 1 is 1.71 bits per heavy atom. The molecule has 3 nitrogen and oxygen atoms in total. The molecule has 0 saturated carbocycles. The van der Waals surface area contributed by atoms with Gasteiger partial charge in [0.15, 0.2) is 0 Å². The molecule has 0 spiro atoms. The van der Waals surface area contributed by atoms with E-state index in [9.17, 15) is 9.90 Å². The van der Waals surface area contributed by atoms with Crippen LogP contribution in [-0.2, 0) is 9.53 Å². The standard InChI is InChI=1S/C14H20O3/c1-4-13(10(2)3)17-14(16)9-11-5-7-12(15)8-6-11/h5-7,12-13,15H,2,4,8-9H2,1,3H3. The van der Waals surface area contributed by atoms with Gasteiger partial charge in [-0.2, -0.15) is 0 Å². The number of ether oxygens (including phenoxy) is 1. The van der Waals surface area contributed by atoms with Crippen molar-refractivity contribution in [2.24, 2.45) is 0 Å². The van der Waals surface area contributed by atoms with E-state index in [1.165, 1.54) is 0 Å². The van der Waals surface area contributed by atoms with Crippen LogP contribution in [0.25, 0.3) is 0 Å². The van der Waals surface area contributed by atoms with Gasteiger partial charge in [0.2, 0.25) is 0 Å². The summed E-state index contributed by atoms with van der Waals surface area (Å²) in [7, 11) is 0. The second-order valence-electron chi connectivity index (χ2n) is 4.35. The quantitative estimate of drug-likeness (QED) is 0.589. The van der Waals surface area contributed by atoms with Crippen LogP contribution < -0.4 is 0 Å². The van der Waals surface area contributed by atoms with Crippen LogP contribution in [0.5, 0.6) is 0 Å². The lowest BCUT2D eigenvalue weighted by Crippen LogP contribution is -2.18. The van der Waals surface area contributed by atoms with Gasteiger partial charge in [0.25, 0.3) is 0 Å². The Kier molecular flexibility index (Phi) is 5.16. The fourth-order valence-corrected chi connectivity index (χ4v) is 1.68. The number of hydrogen-bond donors (Lipinski definition) is 1. The van der Waals surface area contributed by atoms with Crippen molar-refractivity contribution in [3.63, 3.8) is 0 Å². The van der Waals surface area contributed by atoms with Crippen molar-refractivity contribution in [2.75, 3.05) is 0 Å². The second-order valence-corrected chi connectivity index (χ2v) is 4.35. The van der Waals surface area contributed by atoms with E-state index in [4.69, 9.17) is 4.74 Å². The van der Waals surface area contributed by atoms with Crippen molar-refractivity contribution in [3.8, 4) is 0 Å². The Balaban J connectivity index is 2.45. The Bertz CT molecular complexity index is 352. The number of aliphatic hydroxyl groups is 1. The molecule has 1 rings (SSSR count). The molecule has 0 saturated heterocycles. The summed E-state index contributed by atoms with van der Waals surface area (Å²) in [5, 5.41) is 9.26. The molecule has 1 aliphatic carbocycles. The average Bonchev–Trinajstić information content (AvgIpc) is 2.28. The van der Waals surface area contributed by atoms with Crippen molar-refractivity contribution < 1.29 is 14.6 Å². The van der Waals surface area contributed by atoms with Gasteiger partial charge in [-0.25, -0.2) is 0 Å². The van der Waals surface area contributed by atoms with Crippen LogP contribution in [0.15, 0.2) is 36.0 Å². The lowest BCUT2D eigenvalue weighted by Gasteiger charge is -2.17. The largest absolute Gasteiger partial charge is 0.458 e. The Morgan fingerprint density at radius 3 is 2.88 bits per heavy atom. The van der Waals surface area contributed by atoms with E-state index in [0.717, 1.165) is 17.6 Å². The highest BCUT2D eigenvalue weighted by Gasteiger charge is 2.15. The van der Waals surface area contributed by atoms with Crippen LogP contribution in [-0.4, -0.2) is 23.3 Å². The summed E-state index contributed by atoms with van der Waals surface area (Å²) in [5.74, 6) is -0.243. The maximum Gasteiger partial charge on any atom is 0.310 e. The van der Waals surface area contributed by atoms with E-state index in [2.05, 4.69) is 6.58 Å². The second kappa shape index (κ2) is 6.40. The summed E-state index contributed by atoms with van der Waals surface area (Å²) in [6, 6.07) is 0. The number of allylic oxidation sites excluding steroid dienone is 1. The van der Waals surface area contributed by atoms with E-state index in [1.54, 1.807) is 12.2 Å². The van der Waals surface area contributed by atoms with Gasteiger partial charge in [-0.1, -0.05) is 31.7 Å². The summed E-state index contributed by atoms with van der Waals surface area (Å²) in [5.41, 5.74) is 1.77. The molecule has 0 aromatic rings. The van der Waals surface area contributed by atoms with Gasteiger partial charge in [-0.05, 0) is 30.9 Å². The molecule has 94 valence electrons. The predicted molar refractivity (Wildman–Crippen MR) is 67.4 cm³/mol. The summed E-state index contributed by atoms with van der Waals surface area (Å²) in [4.78, 5) is 11.7. The van der Waals surface area contributed by atoms with Crippen molar-refractivity contribution in [1.82, 2.24) is 0 Å². The average molecular weight is 236 g/mol. The third kappa shape index (κ3) is 4.57. The summed E-state index contributed by atoms with van der Waals surface area (Å²) in [6.45, 7) is 7.62. The molecule has 1 N–H and O–H groups in total. The molecule has 0 aromatic carbocycles. The van der Waals surface area contributed by atoms with E-state index in [1.807, 2.05) is 19.9 Å². The fourth-order valence-electron chi connectivity index (χ4n) is 1.68. The van der Waals surface area contributed by atoms with Crippen LogP contribution in [0.1, 0.15) is 33.1 Å². The molecule has 2 unspecified atom stereocenters. The van der Waals surface area contributed by atoms with Crippen LogP contribution in [0.3, 0.4) is 0 Å². The van der Waals surface area contributed by atoms with Gasteiger partial charge in [-0.3, -0.25) is 4.79 Å². The van der Waals surface area contributed by atoms with Gasteiger partial charge in [0, 0.05) is 0 Å². The lowest BCUT2D eigenvalue weighted by molar-refractivity contribution is -0.146. The summed E-state index contributed by atoms with van der Waals surface area (Å²) >= 11 is 0. The molecule has 0 aromatic heterocycles. The fraction of sp³-hybridized carbons (Fsp3) is 0.500. The highest BCUT2D eigenvalue weighted by molar-refractivity contribution is 5.73. The molecule has 0 heterocycles. The zero-order valence-electron chi connectivity index (χ0n) is 10.5. The first-order valence-corrected chi connectivity index (χ1v) is 5.93. The molecule has 0 fully saturated rings. The van der Waals surface area contributed by atoms with Gasteiger partial charge < -0.3 is 9.84 Å². The molecule has 17 heavy (non-hydrogen) atoms. The van der Waals surface area contributed by atoms with Gasteiger partial charge >= 0.3 is 5.97 Å². The van der Waals surface area contributed by atoms with E-state index < -0.39 is 6.10 Å². The summed E-state index contributed by atoms with van der Waals surface area (Å²) in [6.07, 6.45) is 6.29. The van der Waals surface area contributed by atoms with Crippen molar-refractivity contribution in [3.05, 3.63) is 36.0 Å². The number of aliphatic hydroxyl groups excluding tert-OH is 1. The molecule has 0 aliphatic heterocycles. The van der Waals surface area contributed by atoms with Crippen molar-refractivity contribution in [1.29, 1.82) is 0 Å². The van der Waals surface area contributed by atoms with Gasteiger partial charge in [0.05, 0.1) is 12.5 Å². The van der Waals surface area contributed by atoms with Crippen LogP contribution in [0.2, 0.25) is 0 Å². The Labute approximate surface area is 102 Å². The molecule has 2 atom stereocenters. The number of rotatable bonds is 5. The van der Waals surface area contributed by atoms with E-state index >= 15 is 0 Å². The zero-order chi connectivity index (χ0) is 12.8. The highest BCUT2D eigenvalue weighted by Crippen LogP contribution is 2.16. The maximum atomic E-state index is 11.7. The molecule has 1 aliphatic rings. The number of esters is 1. The molecule has 3 heteroatoms. The first-order chi connectivity index (χ1) is 8.02. The third-order valence-electron chi connectivity index (χ3n) is 2.70. The van der Waals surface area contributed by atoms with Crippen LogP contribution >= 0.6 is 0 Å². The molecular weight excluding hydrogens is 216 g/mol. The third-order valence-corrected chi connectivity index (χ3v) is 2.70. The van der Waals surface area contributed by atoms with E-state index in [0.29, 0.717) is 6.42 Å². The van der Waals surface area contributed by atoms with Gasteiger partial charge in [-0.15, -0.1) is 0 Å². The van der Waals surface area contributed by atoms with Gasteiger partial charge in [0.1, 0.15) is 6.10 Å². The monoisotopic (exact) mass is 236 g/mol. The Morgan fingerprint density at radius 2 is 2.41 bits per heavy atom. The first-order valence-electron chi connectivity index (χ1n) is 5.93. The van der Waals surface area contributed by atoms with E-state index in [-0.39, 0.29) is 18.5 Å². The normalized spacial score (nSPS) is 20.6. The molecule has 0 radical (unpaired) electrons. The van der Waals surface area contributed by atoms with Crippen molar-refractivity contribution in [2.45, 2.75) is 45.3 Å². The minimum Gasteiger partial charge on any atom is -0.458 e. The molecule has 0 bridgehead atoms. The number of hydrogen-bond acceptors (Lipinski definition) is 3. The minimum atomic E-state index is -0.423.